The van der Waals surface area contributed by atoms with Crippen molar-refractivity contribution in [2.45, 2.75) is 6.92 Å². The number of aryl methyl sites for hydroxylation is 1. The van der Waals surface area contributed by atoms with Gasteiger partial charge in [-0.05, 0) is 37.3 Å². The molecular formula is C19H20FN5O2. The first-order valence-corrected chi connectivity index (χ1v) is 8.55. The third-order valence-electron chi connectivity index (χ3n) is 4.37. The molecule has 1 aliphatic heterocycles. The highest BCUT2D eigenvalue weighted by Gasteiger charge is 2.20. The highest BCUT2D eigenvalue weighted by molar-refractivity contribution is 6.02. The number of carbonyl (C=O) groups excluding carboxylic acids is 2. The van der Waals surface area contributed by atoms with Gasteiger partial charge in [-0.15, -0.1) is 0 Å². The Labute approximate surface area is 156 Å². The zero-order chi connectivity index (χ0) is 19.4. The zero-order valence-electron chi connectivity index (χ0n) is 15.0. The molecule has 2 aromatic rings. The second kappa shape index (κ2) is 7.94. The van der Waals surface area contributed by atoms with E-state index in [0.29, 0.717) is 32.0 Å². The molecule has 2 amide bonds. The zero-order valence-corrected chi connectivity index (χ0v) is 15.0. The number of aromatic nitrogens is 2. The first-order valence-electron chi connectivity index (χ1n) is 8.55. The molecule has 0 bridgehead atoms. The molecule has 0 unspecified atom stereocenters. The van der Waals surface area contributed by atoms with Gasteiger partial charge < -0.3 is 15.1 Å². The summed E-state index contributed by atoms with van der Waals surface area (Å²) in [6.45, 7) is 7.65. The molecular weight excluding hydrogens is 349 g/mol. The quantitative estimate of drug-likeness (QED) is 0.834. The van der Waals surface area contributed by atoms with Crippen LogP contribution in [0, 0.1) is 12.7 Å². The van der Waals surface area contributed by atoms with Crippen LogP contribution in [0.25, 0.3) is 0 Å². The van der Waals surface area contributed by atoms with E-state index in [1.165, 1.54) is 25.1 Å². The molecule has 0 aliphatic carbocycles. The number of pyridine rings is 2. The van der Waals surface area contributed by atoms with Crippen LogP contribution in [0.4, 0.5) is 15.9 Å². The second-order valence-electron chi connectivity index (χ2n) is 6.14. The van der Waals surface area contributed by atoms with Gasteiger partial charge in [0.05, 0.1) is 17.6 Å². The van der Waals surface area contributed by atoms with E-state index in [9.17, 15) is 14.0 Å². The number of anilines is 2. The molecule has 1 aliphatic rings. The molecule has 140 valence electrons. The summed E-state index contributed by atoms with van der Waals surface area (Å²) in [6.07, 6.45) is 3.00. The average molecular weight is 369 g/mol. The van der Waals surface area contributed by atoms with Crippen molar-refractivity contribution in [2.75, 3.05) is 36.4 Å². The summed E-state index contributed by atoms with van der Waals surface area (Å²) in [6, 6.07) is 6.10. The van der Waals surface area contributed by atoms with Crippen molar-refractivity contribution in [1.82, 2.24) is 14.9 Å². The minimum absolute atomic E-state index is 0.0597. The smallest absolute Gasteiger partial charge is 0.275 e. The minimum Gasteiger partial charge on any atom is -0.367 e. The van der Waals surface area contributed by atoms with E-state index in [2.05, 4.69) is 26.8 Å². The maximum Gasteiger partial charge on any atom is 0.275 e. The predicted octanol–water partition coefficient (Wildman–Crippen LogP) is 2.01. The van der Waals surface area contributed by atoms with Crippen molar-refractivity contribution >= 4 is 23.3 Å². The fourth-order valence-electron chi connectivity index (χ4n) is 2.81. The number of hydrogen-bond donors (Lipinski definition) is 1. The summed E-state index contributed by atoms with van der Waals surface area (Å²) in [5.41, 5.74) is 1.21. The SMILES string of the molecule is C=CC(=O)N1CCN(c2ccc(NC(=O)c3ccc(F)c(C)n3)nc2)CC1. The normalized spacial score (nSPS) is 14.0. The van der Waals surface area contributed by atoms with Gasteiger partial charge in [-0.1, -0.05) is 6.58 Å². The summed E-state index contributed by atoms with van der Waals surface area (Å²) in [5.74, 6) is -0.581. The number of nitrogens with zero attached hydrogens (tertiary/aromatic N) is 4. The van der Waals surface area contributed by atoms with Gasteiger partial charge in [0.2, 0.25) is 5.91 Å². The highest BCUT2D eigenvalue weighted by Crippen LogP contribution is 2.18. The maximum absolute atomic E-state index is 13.3. The first-order chi connectivity index (χ1) is 13.0. The lowest BCUT2D eigenvalue weighted by Crippen LogP contribution is -2.48. The van der Waals surface area contributed by atoms with Crippen LogP contribution in [0.3, 0.4) is 0 Å². The van der Waals surface area contributed by atoms with Gasteiger partial charge in [0.1, 0.15) is 17.3 Å². The largest absolute Gasteiger partial charge is 0.367 e. The van der Waals surface area contributed by atoms with Gasteiger partial charge in [0, 0.05) is 26.2 Å². The van der Waals surface area contributed by atoms with Crippen molar-refractivity contribution < 1.29 is 14.0 Å². The van der Waals surface area contributed by atoms with Crippen LogP contribution < -0.4 is 10.2 Å². The Hall–Kier alpha value is -3.29. The van der Waals surface area contributed by atoms with E-state index < -0.39 is 11.7 Å². The van der Waals surface area contributed by atoms with Crippen molar-refractivity contribution in [3.63, 3.8) is 0 Å². The predicted molar refractivity (Wildman–Crippen MR) is 100 cm³/mol. The third-order valence-corrected chi connectivity index (χ3v) is 4.37. The average Bonchev–Trinajstić information content (AvgIpc) is 2.70. The fourth-order valence-corrected chi connectivity index (χ4v) is 2.81. The Morgan fingerprint density at radius 2 is 1.93 bits per heavy atom. The lowest BCUT2D eigenvalue weighted by Gasteiger charge is -2.35. The van der Waals surface area contributed by atoms with E-state index in [4.69, 9.17) is 0 Å². The van der Waals surface area contributed by atoms with Crippen molar-refractivity contribution in [3.8, 4) is 0 Å². The van der Waals surface area contributed by atoms with E-state index in [0.717, 1.165) is 5.69 Å². The van der Waals surface area contributed by atoms with Crippen LogP contribution in [-0.2, 0) is 4.79 Å². The van der Waals surface area contributed by atoms with Crippen LogP contribution in [0.2, 0.25) is 0 Å². The van der Waals surface area contributed by atoms with Crippen molar-refractivity contribution in [1.29, 1.82) is 0 Å². The van der Waals surface area contributed by atoms with Crippen LogP contribution in [0.5, 0.6) is 0 Å². The fraction of sp³-hybridized carbons (Fsp3) is 0.263. The first kappa shape index (κ1) is 18.5. The van der Waals surface area contributed by atoms with Crippen LogP contribution in [0.1, 0.15) is 16.2 Å². The third kappa shape index (κ3) is 4.28. The van der Waals surface area contributed by atoms with Gasteiger partial charge in [0.15, 0.2) is 0 Å². The number of carbonyl (C=O) groups is 2. The number of hydrogen-bond acceptors (Lipinski definition) is 5. The molecule has 0 spiro atoms. The number of piperazine rings is 1. The molecule has 2 aromatic heterocycles. The summed E-state index contributed by atoms with van der Waals surface area (Å²) in [5, 5.41) is 2.65. The Balaban J connectivity index is 1.60. The van der Waals surface area contributed by atoms with Gasteiger partial charge in [0.25, 0.3) is 5.91 Å². The van der Waals surface area contributed by atoms with Gasteiger partial charge >= 0.3 is 0 Å². The van der Waals surface area contributed by atoms with Crippen LogP contribution in [-0.4, -0.2) is 52.9 Å². The van der Waals surface area contributed by atoms with Crippen molar-refractivity contribution in [2.24, 2.45) is 0 Å². The van der Waals surface area contributed by atoms with E-state index in [-0.39, 0.29) is 17.3 Å². The summed E-state index contributed by atoms with van der Waals surface area (Å²) >= 11 is 0. The molecule has 0 atom stereocenters. The van der Waals surface area contributed by atoms with E-state index in [1.54, 1.807) is 17.2 Å². The molecule has 0 aromatic carbocycles. The Morgan fingerprint density at radius 3 is 2.52 bits per heavy atom. The number of rotatable bonds is 4. The van der Waals surface area contributed by atoms with Crippen LogP contribution >= 0.6 is 0 Å². The van der Waals surface area contributed by atoms with Gasteiger partial charge in [-0.2, -0.15) is 0 Å². The van der Waals surface area contributed by atoms with Crippen LogP contribution in [0.15, 0.2) is 43.1 Å². The molecule has 27 heavy (non-hydrogen) atoms. The minimum atomic E-state index is -0.455. The molecule has 1 fully saturated rings. The molecule has 3 heterocycles. The summed E-state index contributed by atoms with van der Waals surface area (Å²) in [7, 11) is 0. The topological polar surface area (TPSA) is 78.4 Å². The molecule has 3 rings (SSSR count). The standard InChI is InChI=1S/C19H20FN5O2/c1-3-18(26)25-10-8-24(9-11-25)14-4-7-17(21-12-14)23-19(27)16-6-5-15(20)13(2)22-16/h3-7,12H,1,8-11H2,2H3,(H,21,23,27). The second-order valence-corrected chi connectivity index (χ2v) is 6.14. The number of amides is 2. The molecule has 1 saturated heterocycles. The molecule has 0 saturated carbocycles. The molecule has 7 nitrogen and oxygen atoms in total. The molecule has 8 heteroatoms. The molecule has 1 N–H and O–H groups in total. The summed E-state index contributed by atoms with van der Waals surface area (Å²) < 4.78 is 13.3. The monoisotopic (exact) mass is 369 g/mol. The highest BCUT2D eigenvalue weighted by atomic mass is 19.1. The Kier molecular flexibility index (Phi) is 5.44. The van der Waals surface area contributed by atoms with E-state index in [1.807, 2.05) is 6.07 Å². The van der Waals surface area contributed by atoms with Gasteiger partial charge in [-0.25, -0.2) is 14.4 Å². The van der Waals surface area contributed by atoms with Gasteiger partial charge in [-0.3, -0.25) is 9.59 Å². The van der Waals surface area contributed by atoms with Crippen molar-refractivity contribution in [3.05, 3.63) is 60.3 Å². The lowest BCUT2D eigenvalue weighted by atomic mass is 10.2. The Morgan fingerprint density at radius 1 is 1.19 bits per heavy atom. The van der Waals surface area contributed by atoms with E-state index >= 15 is 0 Å². The lowest BCUT2D eigenvalue weighted by molar-refractivity contribution is -0.126. The molecule has 0 radical (unpaired) electrons. The number of nitrogens with one attached hydrogen (secondary N) is 1. The maximum atomic E-state index is 13.3. The Bertz CT molecular complexity index is 861. The number of halogens is 1. The summed E-state index contributed by atoms with van der Waals surface area (Å²) in [4.78, 5) is 35.9.